The molecule has 0 saturated carbocycles. The molecule has 7 heteroatoms. The summed E-state index contributed by atoms with van der Waals surface area (Å²) in [5, 5.41) is 5.29. The van der Waals surface area contributed by atoms with Crippen LogP contribution < -0.4 is 20.1 Å². The van der Waals surface area contributed by atoms with E-state index in [2.05, 4.69) is 20.6 Å². The summed E-state index contributed by atoms with van der Waals surface area (Å²) in [4.78, 5) is 18.9. The molecule has 3 N–H and O–H groups in total. The van der Waals surface area contributed by atoms with E-state index in [9.17, 15) is 4.79 Å². The Kier molecular flexibility index (Phi) is 4.51. The second kappa shape index (κ2) is 6.91. The van der Waals surface area contributed by atoms with Gasteiger partial charge in [0.2, 0.25) is 5.95 Å². The molecule has 0 fully saturated rings. The number of imidazole rings is 1. The van der Waals surface area contributed by atoms with Gasteiger partial charge in [0.1, 0.15) is 17.2 Å². The highest BCUT2D eigenvalue weighted by Gasteiger charge is 2.07. The van der Waals surface area contributed by atoms with Crippen molar-refractivity contribution in [3.05, 3.63) is 42.5 Å². The molecule has 0 unspecified atom stereocenters. The number of nitrogens with zero attached hydrogens (tertiary/aromatic N) is 1. The van der Waals surface area contributed by atoms with Crippen LogP contribution in [0, 0.1) is 0 Å². The zero-order valence-corrected chi connectivity index (χ0v) is 13.4. The molecule has 24 heavy (non-hydrogen) atoms. The fourth-order valence-electron chi connectivity index (χ4n) is 2.22. The summed E-state index contributed by atoms with van der Waals surface area (Å²) in [6.45, 7) is 2.39. The Balaban J connectivity index is 1.79. The van der Waals surface area contributed by atoms with Gasteiger partial charge in [0.15, 0.2) is 0 Å². The van der Waals surface area contributed by atoms with E-state index in [1.807, 2.05) is 43.3 Å². The Morgan fingerprint density at radius 1 is 1.17 bits per heavy atom. The largest absolute Gasteiger partial charge is 0.497 e. The molecule has 124 valence electrons. The van der Waals surface area contributed by atoms with E-state index in [0.29, 0.717) is 24.0 Å². The van der Waals surface area contributed by atoms with E-state index >= 15 is 0 Å². The van der Waals surface area contributed by atoms with E-state index in [0.717, 1.165) is 16.8 Å². The van der Waals surface area contributed by atoms with Crippen molar-refractivity contribution < 1.29 is 14.3 Å². The zero-order chi connectivity index (χ0) is 16.9. The molecule has 0 saturated heterocycles. The molecular formula is C17H18N4O3. The first-order chi connectivity index (χ1) is 11.7. The smallest absolute Gasteiger partial charge is 0.321 e. The highest BCUT2D eigenvalue weighted by molar-refractivity contribution is 5.90. The van der Waals surface area contributed by atoms with Crippen LogP contribution in [0.4, 0.5) is 10.7 Å². The van der Waals surface area contributed by atoms with Gasteiger partial charge < -0.3 is 19.8 Å². The van der Waals surface area contributed by atoms with Gasteiger partial charge in [-0.05, 0) is 31.2 Å². The molecule has 0 aliphatic carbocycles. The zero-order valence-electron chi connectivity index (χ0n) is 13.4. The molecule has 1 aromatic heterocycles. The van der Waals surface area contributed by atoms with Crippen LogP contribution in [-0.4, -0.2) is 29.7 Å². The molecule has 2 amide bonds. The van der Waals surface area contributed by atoms with Crippen LogP contribution in [-0.2, 0) is 0 Å². The van der Waals surface area contributed by atoms with Gasteiger partial charge in [-0.15, -0.1) is 0 Å². The lowest BCUT2D eigenvalue weighted by molar-refractivity contribution is 0.252. The van der Waals surface area contributed by atoms with Gasteiger partial charge in [-0.2, -0.15) is 0 Å². The monoisotopic (exact) mass is 326 g/mol. The number of methoxy groups -OCH3 is 1. The molecule has 1 heterocycles. The van der Waals surface area contributed by atoms with Gasteiger partial charge >= 0.3 is 6.03 Å². The number of ether oxygens (including phenoxy) is 2. The Morgan fingerprint density at radius 2 is 1.96 bits per heavy atom. The molecule has 7 nitrogen and oxygen atoms in total. The van der Waals surface area contributed by atoms with E-state index in [4.69, 9.17) is 9.47 Å². The summed E-state index contributed by atoms with van der Waals surface area (Å²) in [5.41, 5.74) is 1.50. The van der Waals surface area contributed by atoms with E-state index in [1.165, 1.54) is 0 Å². The predicted molar refractivity (Wildman–Crippen MR) is 91.9 cm³/mol. The number of carbonyl (C=O) groups excluding carboxylic acids is 1. The van der Waals surface area contributed by atoms with E-state index in [-0.39, 0.29) is 6.03 Å². The maximum Gasteiger partial charge on any atom is 0.321 e. The van der Waals surface area contributed by atoms with Crippen molar-refractivity contribution in [2.75, 3.05) is 19.0 Å². The number of urea groups is 1. The molecule has 3 rings (SSSR count). The summed E-state index contributed by atoms with van der Waals surface area (Å²) in [7, 11) is 1.61. The third-order valence-electron chi connectivity index (χ3n) is 3.30. The normalized spacial score (nSPS) is 10.4. The second-order valence-electron chi connectivity index (χ2n) is 5.03. The lowest BCUT2D eigenvalue weighted by atomic mass is 10.3. The molecule has 0 bridgehead atoms. The topological polar surface area (TPSA) is 88.3 Å². The number of benzene rings is 2. The third kappa shape index (κ3) is 3.57. The lowest BCUT2D eigenvalue weighted by Gasteiger charge is -2.07. The maximum absolute atomic E-state index is 11.5. The fourth-order valence-corrected chi connectivity index (χ4v) is 2.22. The Morgan fingerprint density at radius 3 is 2.75 bits per heavy atom. The number of hydrogen-bond acceptors (Lipinski definition) is 4. The molecule has 0 aliphatic heterocycles. The second-order valence-corrected chi connectivity index (χ2v) is 5.03. The maximum atomic E-state index is 11.5. The summed E-state index contributed by atoms with van der Waals surface area (Å²) in [6.07, 6.45) is 0. The number of H-pyrrole nitrogens is 1. The number of aromatic amines is 1. The van der Waals surface area contributed by atoms with Gasteiger partial charge in [0.05, 0.1) is 18.1 Å². The van der Waals surface area contributed by atoms with Crippen LogP contribution in [0.2, 0.25) is 0 Å². The minimum absolute atomic E-state index is 0.301. The van der Waals surface area contributed by atoms with Crippen LogP contribution in [0.15, 0.2) is 42.5 Å². The summed E-state index contributed by atoms with van der Waals surface area (Å²) in [6, 6.07) is 12.5. The first-order valence-electron chi connectivity index (χ1n) is 7.54. The van der Waals surface area contributed by atoms with Gasteiger partial charge in [0.25, 0.3) is 0 Å². The van der Waals surface area contributed by atoms with Crippen LogP contribution in [0.5, 0.6) is 17.2 Å². The number of nitrogens with one attached hydrogen (secondary N) is 3. The number of carbonyl (C=O) groups is 1. The summed E-state index contributed by atoms with van der Waals surface area (Å²) in [5.74, 6) is 2.44. The fraction of sp³-hybridized carbons (Fsp3) is 0.176. The molecule has 0 aliphatic rings. The minimum Gasteiger partial charge on any atom is -0.497 e. The predicted octanol–water partition coefficient (Wildman–Crippen LogP) is 3.51. The Hall–Kier alpha value is -3.22. The lowest BCUT2D eigenvalue weighted by Crippen LogP contribution is -2.28. The van der Waals surface area contributed by atoms with Crippen molar-refractivity contribution in [1.82, 2.24) is 15.3 Å². The first kappa shape index (κ1) is 15.7. The first-order valence-corrected chi connectivity index (χ1v) is 7.54. The van der Waals surface area contributed by atoms with Crippen LogP contribution in [0.3, 0.4) is 0 Å². The van der Waals surface area contributed by atoms with Crippen LogP contribution in [0.1, 0.15) is 6.92 Å². The Bertz CT molecular complexity index is 860. The van der Waals surface area contributed by atoms with Gasteiger partial charge in [-0.25, -0.2) is 9.78 Å². The average Bonchev–Trinajstić information content (AvgIpc) is 2.96. The number of amides is 2. The molecule has 0 radical (unpaired) electrons. The number of aromatic nitrogens is 2. The summed E-state index contributed by atoms with van der Waals surface area (Å²) >= 11 is 0. The molecule has 3 aromatic rings. The van der Waals surface area contributed by atoms with E-state index in [1.54, 1.807) is 13.2 Å². The SMILES string of the molecule is CCNC(=O)Nc1nc2ccc(Oc3cccc(OC)c3)cc2[nH]1. The van der Waals surface area contributed by atoms with Crippen LogP contribution in [0.25, 0.3) is 11.0 Å². The standard InChI is InChI=1S/C17H18N4O3/c1-3-18-17(22)21-16-19-14-8-7-13(10-15(14)20-16)24-12-6-4-5-11(9-12)23-2/h4-10H,3H2,1-2H3,(H3,18,19,20,21,22). The van der Waals surface area contributed by atoms with Gasteiger partial charge in [-0.3, -0.25) is 5.32 Å². The molecule has 0 spiro atoms. The Labute approximate surface area is 139 Å². The molecule has 0 atom stereocenters. The summed E-state index contributed by atoms with van der Waals surface area (Å²) < 4.78 is 11.0. The van der Waals surface area contributed by atoms with Crippen molar-refractivity contribution in [3.8, 4) is 17.2 Å². The number of rotatable bonds is 5. The highest BCUT2D eigenvalue weighted by atomic mass is 16.5. The highest BCUT2D eigenvalue weighted by Crippen LogP contribution is 2.27. The van der Waals surface area contributed by atoms with Crippen molar-refractivity contribution >= 4 is 23.0 Å². The van der Waals surface area contributed by atoms with Crippen LogP contribution >= 0.6 is 0 Å². The van der Waals surface area contributed by atoms with Gasteiger partial charge in [-0.1, -0.05) is 6.07 Å². The number of anilines is 1. The number of fused-ring (bicyclic) bond motifs is 1. The van der Waals surface area contributed by atoms with Gasteiger partial charge in [0, 0.05) is 18.7 Å². The van der Waals surface area contributed by atoms with E-state index < -0.39 is 0 Å². The molecule has 2 aromatic carbocycles. The van der Waals surface area contributed by atoms with Crippen molar-refractivity contribution in [2.45, 2.75) is 6.92 Å². The average molecular weight is 326 g/mol. The number of hydrogen-bond donors (Lipinski definition) is 3. The quantitative estimate of drug-likeness (QED) is 0.669. The minimum atomic E-state index is -0.301. The third-order valence-corrected chi connectivity index (χ3v) is 3.30. The van der Waals surface area contributed by atoms with Crippen molar-refractivity contribution in [1.29, 1.82) is 0 Å². The van der Waals surface area contributed by atoms with Crippen molar-refractivity contribution in [2.24, 2.45) is 0 Å². The molecular weight excluding hydrogens is 308 g/mol. The van der Waals surface area contributed by atoms with Crippen molar-refractivity contribution in [3.63, 3.8) is 0 Å².